The van der Waals surface area contributed by atoms with E-state index in [1.807, 2.05) is 13.8 Å². The lowest BCUT2D eigenvalue weighted by molar-refractivity contribution is -0.0162. The number of nitrogens with one attached hydrogen (secondary N) is 1. The van der Waals surface area contributed by atoms with Crippen LogP contribution in [0.4, 0.5) is 4.79 Å². The Kier molecular flexibility index (Phi) is 5.94. The van der Waals surface area contributed by atoms with Crippen LogP contribution in [0.2, 0.25) is 0 Å². The molecule has 3 aromatic heterocycles. The second-order valence-electron chi connectivity index (χ2n) is 7.58. The van der Waals surface area contributed by atoms with Crippen molar-refractivity contribution in [1.29, 1.82) is 0 Å². The Hall–Kier alpha value is -3.34. The third kappa shape index (κ3) is 4.55. The first-order valence-electron chi connectivity index (χ1n) is 10.1. The summed E-state index contributed by atoms with van der Waals surface area (Å²) in [6.45, 7) is 4.96. The molecule has 1 aliphatic rings. The smallest absolute Gasteiger partial charge is 0.415 e. The van der Waals surface area contributed by atoms with Crippen molar-refractivity contribution < 1.29 is 19.5 Å². The molecule has 1 fully saturated rings. The van der Waals surface area contributed by atoms with Gasteiger partial charge < -0.3 is 24.6 Å². The molecule has 0 aliphatic carbocycles. The van der Waals surface area contributed by atoms with Crippen LogP contribution in [-0.2, 0) is 0 Å². The lowest BCUT2D eigenvalue weighted by Crippen LogP contribution is -2.44. The fourth-order valence-electron chi connectivity index (χ4n) is 3.40. The summed E-state index contributed by atoms with van der Waals surface area (Å²) in [6.07, 6.45) is 5.77. The van der Waals surface area contributed by atoms with Crippen LogP contribution >= 0.6 is 12.2 Å². The lowest BCUT2D eigenvalue weighted by atomic mass is 10.1. The van der Waals surface area contributed by atoms with Crippen molar-refractivity contribution in [2.45, 2.75) is 38.7 Å². The fourth-order valence-corrected chi connectivity index (χ4v) is 3.69. The summed E-state index contributed by atoms with van der Waals surface area (Å²) in [5.41, 5.74) is 0.641. The summed E-state index contributed by atoms with van der Waals surface area (Å²) in [5, 5.41) is 14.5. The minimum atomic E-state index is -0.435. The molecule has 1 amide bonds. The number of imidazole rings is 1. The number of aromatic nitrogens is 5. The topological polar surface area (TPSA) is 110 Å². The van der Waals surface area contributed by atoms with Crippen LogP contribution in [0.1, 0.15) is 38.3 Å². The minimum absolute atomic E-state index is 0.000674. The molecule has 4 rings (SSSR count). The van der Waals surface area contributed by atoms with Crippen molar-refractivity contribution in [2.24, 2.45) is 0 Å². The van der Waals surface area contributed by atoms with Crippen molar-refractivity contribution >= 4 is 18.3 Å². The number of pyridine rings is 1. The van der Waals surface area contributed by atoms with E-state index >= 15 is 0 Å². The van der Waals surface area contributed by atoms with E-state index in [0.29, 0.717) is 48.0 Å². The summed E-state index contributed by atoms with van der Waals surface area (Å²) in [4.78, 5) is 28.6. The zero-order valence-corrected chi connectivity index (χ0v) is 18.1. The number of piperidine rings is 1. The molecule has 31 heavy (non-hydrogen) atoms. The summed E-state index contributed by atoms with van der Waals surface area (Å²) in [6, 6.07) is 5.05. The Labute approximate surface area is 184 Å². The number of nitrogens with zero attached hydrogens (tertiary/aromatic N) is 5. The van der Waals surface area contributed by atoms with Gasteiger partial charge >= 0.3 is 6.09 Å². The number of amides is 1. The average molecular weight is 445 g/mol. The van der Waals surface area contributed by atoms with E-state index in [0.717, 1.165) is 0 Å². The van der Waals surface area contributed by atoms with Crippen LogP contribution in [-0.4, -0.2) is 59.8 Å². The van der Waals surface area contributed by atoms with Gasteiger partial charge in [-0.25, -0.2) is 14.3 Å². The van der Waals surface area contributed by atoms with Crippen LogP contribution in [0, 0.1) is 4.77 Å². The first-order chi connectivity index (χ1) is 14.9. The summed E-state index contributed by atoms with van der Waals surface area (Å²) >= 11 is 5.30. The molecule has 3 aromatic rings. The number of carbonyl (C=O) groups excluding carboxylic acids is 1. The van der Waals surface area contributed by atoms with Crippen LogP contribution < -0.4 is 9.57 Å². The maximum atomic E-state index is 12.5. The zero-order chi connectivity index (χ0) is 22.0. The number of H-pyrrole nitrogens is 1. The predicted molar refractivity (Wildman–Crippen MR) is 114 cm³/mol. The normalized spacial score (nSPS) is 14.7. The second-order valence-corrected chi connectivity index (χ2v) is 7.96. The van der Waals surface area contributed by atoms with Gasteiger partial charge in [0.1, 0.15) is 11.9 Å². The Balaban J connectivity index is 1.35. The van der Waals surface area contributed by atoms with Gasteiger partial charge in [0.2, 0.25) is 5.88 Å². The third-order valence-corrected chi connectivity index (χ3v) is 5.35. The highest BCUT2D eigenvalue weighted by atomic mass is 32.1. The van der Waals surface area contributed by atoms with E-state index in [1.54, 1.807) is 35.5 Å². The molecule has 0 atom stereocenters. The predicted octanol–water partition coefficient (Wildman–Crippen LogP) is 3.05. The molecule has 164 valence electrons. The molecule has 1 saturated heterocycles. The molecule has 0 radical (unpaired) electrons. The lowest BCUT2D eigenvalue weighted by Gasteiger charge is -2.30. The molecule has 0 aromatic carbocycles. The van der Waals surface area contributed by atoms with Crippen molar-refractivity contribution in [1.82, 2.24) is 29.4 Å². The molecule has 2 N–H and O–H groups in total. The van der Waals surface area contributed by atoms with Crippen molar-refractivity contribution in [3.05, 3.63) is 47.3 Å². The SMILES string of the molecule is CC(C)c1[nH]c(=S)n(-c2ccc(OC(=O)N3CCC(On4cccn4)CC3)cn2)c1O. The fraction of sp³-hybridized carbons (Fsp3) is 0.400. The molecular weight excluding hydrogens is 420 g/mol. The van der Waals surface area contributed by atoms with E-state index < -0.39 is 6.09 Å². The molecule has 0 spiro atoms. The quantitative estimate of drug-likeness (QED) is 0.582. The zero-order valence-electron chi connectivity index (χ0n) is 17.3. The third-order valence-electron chi connectivity index (χ3n) is 5.07. The molecule has 1 aliphatic heterocycles. The van der Waals surface area contributed by atoms with Crippen molar-refractivity contribution in [3.8, 4) is 17.4 Å². The van der Waals surface area contributed by atoms with E-state index in [-0.39, 0.29) is 17.9 Å². The maximum Gasteiger partial charge on any atom is 0.415 e. The van der Waals surface area contributed by atoms with Gasteiger partial charge in [-0.05, 0) is 36.3 Å². The Morgan fingerprint density at radius 3 is 2.68 bits per heavy atom. The van der Waals surface area contributed by atoms with Gasteiger partial charge in [-0.2, -0.15) is 0 Å². The summed E-state index contributed by atoms with van der Waals surface area (Å²) < 4.78 is 7.24. The number of hydrogen-bond acceptors (Lipinski definition) is 7. The first kappa shape index (κ1) is 20.9. The monoisotopic (exact) mass is 444 g/mol. The number of rotatable bonds is 5. The van der Waals surface area contributed by atoms with Crippen LogP contribution in [0.3, 0.4) is 0 Å². The van der Waals surface area contributed by atoms with Crippen molar-refractivity contribution in [3.63, 3.8) is 0 Å². The Morgan fingerprint density at radius 2 is 2.10 bits per heavy atom. The standard InChI is InChI=1S/C20H24N6O4S/c1-13(2)17-18(27)26(19(31)23-17)16-5-4-15(12-21-16)29-20(28)24-10-6-14(7-11-24)30-25-9-3-8-22-25/h3-5,8-9,12-14,27H,6-7,10-11H2,1-2H3,(H,23,31). The summed E-state index contributed by atoms with van der Waals surface area (Å²) in [7, 11) is 0. The molecule has 0 bridgehead atoms. The van der Waals surface area contributed by atoms with Crippen molar-refractivity contribution in [2.75, 3.05) is 13.1 Å². The van der Waals surface area contributed by atoms with Gasteiger partial charge in [-0.3, -0.25) is 0 Å². The largest absolute Gasteiger partial charge is 0.493 e. The van der Waals surface area contributed by atoms with E-state index in [4.69, 9.17) is 21.8 Å². The minimum Gasteiger partial charge on any atom is -0.493 e. The van der Waals surface area contributed by atoms with Gasteiger partial charge in [-0.15, -0.1) is 9.94 Å². The molecule has 0 saturated carbocycles. The number of aromatic hydroxyl groups is 1. The second kappa shape index (κ2) is 8.80. The molecule has 10 nitrogen and oxygen atoms in total. The number of likely N-dealkylation sites (tertiary alicyclic amines) is 1. The highest BCUT2D eigenvalue weighted by molar-refractivity contribution is 7.71. The number of carbonyl (C=O) groups is 1. The van der Waals surface area contributed by atoms with E-state index in [2.05, 4.69) is 15.1 Å². The molecule has 0 unspecified atom stereocenters. The molecule has 11 heteroatoms. The highest BCUT2D eigenvalue weighted by Crippen LogP contribution is 2.27. The summed E-state index contributed by atoms with van der Waals surface area (Å²) in [5.74, 6) is 0.853. The van der Waals surface area contributed by atoms with Gasteiger partial charge in [0.05, 0.1) is 24.3 Å². The van der Waals surface area contributed by atoms with Crippen LogP contribution in [0.5, 0.6) is 11.6 Å². The number of ether oxygens (including phenoxy) is 1. The maximum absolute atomic E-state index is 12.5. The number of hydrogen-bond donors (Lipinski definition) is 2. The molecule has 4 heterocycles. The molecular formula is C20H24N6O4S. The highest BCUT2D eigenvalue weighted by Gasteiger charge is 2.26. The Bertz CT molecular complexity index is 1080. The van der Waals surface area contributed by atoms with E-state index in [1.165, 1.54) is 15.6 Å². The van der Waals surface area contributed by atoms with Gasteiger partial charge in [-0.1, -0.05) is 13.8 Å². The van der Waals surface area contributed by atoms with Gasteiger partial charge in [0.25, 0.3) is 0 Å². The Morgan fingerprint density at radius 1 is 1.32 bits per heavy atom. The average Bonchev–Trinajstić information content (AvgIpc) is 3.37. The number of aromatic amines is 1. The van der Waals surface area contributed by atoms with E-state index in [9.17, 15) is 9.90 Å². The first-order valence-corrected chi connectivity index (χ1v) is 10.5. The van der Waals surface area contributed by atoms with Crippen LogP contribution in [0.15, 0.2) is 36.8 Å². The van der Waals surface area contributed by atoms with Crippen LogP contribution in [0.25, 0.3) is 5.82 Å². The van der Waals surface area contributed by atoms with Gasteiger partial charge in [0.15, 0.2) is 10.5 Å². The van der Waals surface area contributed by atoms with Gasteiger partial charge in [0, 0.05) is 25.9 Å².